The molecule has 26 heavy (non-hydrogen) atoms. The largest absolute Gasteiger partial charge is 0.353 e. The molecule has 2 amide bonds. The number of nitrogens with one attached hydrogen (secondary N) is 2. The van der Waals surface area contributed by atoms with E-state index in [-0.39, 0.29) is 11.8 Å². The minimum atomic E-state index is -0.144. The maximum absolute atomic E-state index is 12.5. The van der Waals surface area contributed by atoms with Crippen LogP contribution in [0.4, 0.5) is 5.69 Å². The molecule has 0 unspecified atom stereocenters. The van der Waals surface area contributed by atoms with Gasteiger partial charge in [-0.3, -0.25) is 9.59 Å². The summed E-state index contributed by atoms with van der Waals surface area (Å²) in [7, 11) is 0. The average molecular weight is 344 g/mol. The Bertz CT molecular complexity index is 959. The number of amides is 2. The van der Waals surface area contributed by atoms with E-state index in [1.165, 1.54) is 0 Å². The average Bonchev–Trinajstić information content (AvgIpc) is 3.46. The number of hydrogen-bond acceptors (Lipinski definition) is 2. The van der Waals surface area contributed by atoms with Gasteiger partial charge in [-0.25, -0.2) is 0 Å². The van der Waals surface area contributed by atoms with Gasteiger partial charge in [0.1, 0.15) is 0 Å². The third kappa shape index (κ3) is 3.91. The van der Waals surface area contributed by atoms with Crippen molar-refractivity contribution in [2.45, 2.75) is 25.3 Å². The van der Waals surface area contributed by atoms with Gasteiger partial charge < -0.3 is 10.6 Å². The van der Waals surface area contributed by atoms with Gasteiger partial charge in [0.25, 0.3) is 5.91 Å². The molecule has 1 saturated carbocycles. The lowest BCUT2D eigenvalue weighted by Crippen LogP contribution is -2.26. The maximum Gasteiger partial charge on any atom is 0.255 e. The molecule has 0 atom stereocenters. The van der Waals surface area contributed by atoms with Crippen molar-refractivity contribution in [2.24, 2.45) is 0 Å². The van der Waals surface area contributed by atoms with Gasteiger partial charge in [-0.2, -0.15) is 0 Å². The summed E-state index contributed by atoms with van der Waals surface area (Å²) in [5, 5.41) is 8.03. The number of anilines is 1. The number of carbonyl (C=O) groups excluding carboxylic acids is 2. The minimum Gasteiger partial charge on any atom is -0.353 e. The van der Waals surface area contributed by atoms with Gasteiger partial charge in [0.15, 0.2) is 0 Å². The van der Waals surface area contributed by atoms with Gasteiger partial charge >= 0.3 is 0 Å². The zero-order chi connectivity index (χ0) is 17.9. The van der Waals surface area contributed by atoms with E-state index in [0.29, 0.717) is 18.0 Å². The first-order valence-corrected chi connectivity index (χ1v) is 8.86. The van der Waals surface area contributed by atoms with Crippen molar-refractivity contribution >= 4 is 28.3 Å². The van der Waals surface area contributed by atoms with E-state index in [2.05, 4.69) is 10.6 Å². The van der Waals surface area contributed by atoms with Crippen LogP contribution in [0.5, 0.6) is 0 Å². The van der Waals surface area contributed by atoms with E-state index in [1.54, 1.807) is 0 Å². The molecule has 130 valence electrons. The van der Waals surface area contributed by atoms with Crippen molar-refractivity contribution in [3.63, 3.8) is 0 Å². The van der Waals surface area contributed by atoms with E-state index in [4.69, 9.17) is 0 Å². The van der Waals surface area contributed by atoms with Crippen molar-refractivity contribution in [3.05, 3.63) is 77.9 Å². The van der Waals surface area contributed by atoms with Gasteiger partial charge in [-0.05, 0) is 53.4 Å². The molecule has 0 aromatic heterocycles. The monoisotopic (exact) mass is 344 g/mol. The van der Waals surface area contributed by atoms with Crippen LogP contribution in [-0.4, -0.2) is 17.9 Å². The zero-order valence-electron chi connectivity index (χ0n) is 14.4. The molecule has 4 nitrogen and oxygen atoms in total. The van der Waals surface area contributed by atoms with Crippen LogP contribution >= 0.6 is 0 Å². The van der Waals surface area contributed by atoms with E-state index < -0.39 is 0 Å². The van der Waals surface area contributed by atoms with E-state index in [1.807, 2.05) is 66.7 Å². The van der Waals surface area contributed by atoms with Crippen LogP contribution in [0, 0.1) is 0 Å². The van der Waals surface area contributed by atoms with Crippen LogP contribution < -0.4 is 10.6 Å². The van der Waals surface area contributed by atoms with Crippen molar-refractivity contribution in [1.29, 1.82) is 0 Å². The molecule has 1 fully saturated rings. The first-order chi connectivity index (χ1) is 12.7. The SMILES string of the molecule is O=C(Cc1ccc(NC(=O)c2ccc3ccccc3c2)cc1)NC1CC1. The summed E-state index contributed by atoms with van der Waals surface area (Å²) in [6.45, 7) is 0. The fourth-order valence-electron chi connectivity index (χ4n) is 2.93. The molecule has 0 spiro atoms. The van der Waals surface area contributed by atoms with Gasteiger partial charge in [0.05, 0.1) is 6.42 Å². The fraction of sp³-hybridized carbons (Fsp3) is 0.182. The van der Waals surface area contributed by atoms with Crippen LogP contribution in [0.3, 0.4) is 0 Å². The number of hydrogen-bond donors (Lipinski definition) is 2. The predicted molar refractivity (Wildman–Crippen MR) is 103 cm³/mol. The lowest BCUT2D eigenvalue weighted by atomic mass is 10.1. The minimum absolute atomic E-state index is 0.0560. The number of rotatable bonds is 5. The van der Waals surface area contributed by atoms with Crippen molar-refractivity contribution in [3.8, 4) is 0 Å². The molecular weight excluding hydrogens is 324 g/mol. The molecule has 0 radical (unpaired) electrons. The normalized spacial score (nSPS) is 13.4. The molecule has 4 rings (SSSR count). The second-order valence-electron chi connectivity index (χ2n) is 6.73. The first-order valence-electron chi connectivity index (χ1n) is 8.86. The Morgan fingerprint density at radius 1 is 0.885 bits per heavy atom. The quantitative estimate of drug-likeness (QED) is 0.737. The molecule has 1 aliphatic rings. The Hall–Kier alpha value is -3.14. The molecule has 1 aliphatic carbocycles. The molecule has 3 aromatic carbocycles. The first kappa shape index (κ1) is 16.3. The van der Waals surface area contributed by atoms with Gasteiger partial charge in [-0.1, -0.05) is 42.5 Å². The summed E-state index contributed by atoms with van der Waals surface area (Å²) < 4.78 is 0. The van der Waals surface area contributed by atoms with Crippen molar-refractivity contribution in [1.82, 2.24) is 5.32 Å². The summed E-state index contributed by atoms with van der Waals surface area (Å²) in [6, 6.07) is 21.4. The zero-order valence-corrected chi connectivity index (χ0v) is 14.4. The molecule has 0 heterocycles. The standard InChI is InChI=1S/C22H20N2O2/c25-21(23-19-11-12-19)13-15-5-9-20(10-6-15)24-22(26)18-8-7-16-3-1-2-4-17(16)14-18/h1-10,14,19H,11-13H2,(H,23,25)(H,24,26). The number of fused-ring (bicyclic) bond motifs is 1. The molecule has 4 heteroatoms. The summed E-state index contributed by atoms with van der Waals surface area (Å²) in [6.07, 6.45) is 2.55. The van der Waals surface area contributed by atoms with E-state index in [0.717, 1.165) is 34.9 Å². The van der Waals surface area contributed by atoms with Crippen LogP contribution in [0.15, 0.2) is 66.7 Å². The Labute approximate surface area is 152 Å². The highest BCUT2D eigenvalue weighted by atomic mass is 16.2. The predicted octanol–water partition coefficient (Wildman–Crippen LogP) is 3.91. The summed E-state index contributed by atoms with van der Waals surface area (Å²) >= 11 is 0. The Kier molecular flexibility index (Phi) is 4.40. The molecule has 0 bridgehead atoms. The topological polar surface area (TPSA) is 58.2 Å². The van der Waals surface area contributed by atoms with Crippen LogP contribution in [0.25, 0.3) is 10.8 Å². The van der Waals surface area contributed by atoms with Crippen molar-refractivity contribution < 1.29 is 9.59 Å². The van der Waals surface area contributed by atoms with Crippen molar-refractivity contribution in [2.75, 3.05) is 5.32 Å². The van der Waals surface area contributed by atoms with E-state index in [9.17, 15) is 9.59 Å². The lowest BCUT2D eigenvalue weighted by Gasteiger charge is -2.08. The molecule has 2 N–H and O–H groups in total. The Balaban J connectivity index is 1.40. The van der Waals surface area contributed by atoms with Gasteiger partial charge in [0, 0.05) is 17.3 Å². The highest BCUT2D eigenvalue weighted by Gasteiger charge is 2.23. The maximum atomic E-state index is 12.5. The molecule has 3 aromatic rings. The summed E-state index contributed by atoms with van der Waals surface area (Å²) in [5.74, 6) is -0.0876. The second-order valence-corrected chi connectivity index (χ2v) is 6.73. The van der Waals surface area contributed by atoms with Crippen LogP contribution in [-0.2, 0) is 11.2 Å². The van der Waals surface area contributed by atoms with Crippen LogP contribution in [0.1, 0.15) is 28.8 Å². The third-order valence-corrected chi connectivity index (χ3v) is 4.53. The number of carbonyl (C=O) groups is 2. The number of benzene rings is 3. The Morgan fingerprint density at radius 3 is 2.35 bits per heavy atom. The molecule has 0 saturated heterocycles. The summed E-state index contributed by atoms with van der Waals surface area (Å²) in [4.78, 5) is 24.3. The summed E-state index contributed by atoms with van der Waals surface area (Å²) in [5.41, 5.74) is 2.28. The van der Waals surface area contributed by atoms with E-state index >= 15 is 0 Å². The lowest BCUT2D eigenvalue weighted by molar-refractivity contribution is -0.120. The van der Waals surface area contributed by atoms with Crippen LogP contribution in [0.2, 0.25) is 0 Å². The fourth-order valence-corrected chi connectivity index (χ4v) is 2.93. The highest BCUT2D eigenvalue weighted by Crippen LogP contribution is 2.19. The second kappa shape index (κ2) is 7.00. The highest BCUT2D eigenvalue weighted by molar-refractivity contribution is 6.06. The smallest absolute Gasteiger partial charge is 0.255 e. The van der Waals surface area contributed by atoms with Gasteiger partial charge in [0.2, 0.25) is 5.91 Å². The molecular formula is C22H20N2O2. The van der Waals surface area contributed by atoms with Gasteiger partial charge in [-0.15, -0.1) is 0 Å². The third-order valence-electron chi connectivity index (χ3n) is 4.53. The Morgan fingerprint density at radius 2 is 1.62 bits per heavy atom. The molecule has 0 aliphatic heterocycles.